The largest absolute Gasteiger partial charge is 0.341 e. The van der Waals surface area contributed by atoms with Crippen LogP contribution in [0.25, 0.3) is 0 Å². The molecule has 1 aliphatic carbocycles. The third-order valence-electron chi connectivity index (χ3n) is 24.0. The second-order valence-electron chi connectivity index (χ2n) is 33.2. The van der Waals surface area contributed by atoms with Crippen molar-refractivity contribution in [1.82, 2.24) is 74.0 Å². The highest BCUT2D eigenvalue weighted by molar-refractivity contribution is 5.92. The minimum atomic E-state index is -0.585. The lowest BCUT2D eigenvalue weighted by atomic mass is 9.86. The van der Waals surface area contributed by atoms with E-state index >= 15 is 9.59 Å². The molecule has 552 valence electrons. The van der Waals surface area contributed by atoms with Crippen LogP contribution in [0.4, 0.5) is 0 Å². The molecule has 10 atom stereocenters. The van der Waals surface area contributed by atoms with Crippen LogP contribution in [0.5, 0.6) is 0 Å². The minimum absolute atomic E-state index is 0.00213. The Kier molecular flexibility index (Phi) is 27.2. The van der Waals surface area contributed by atoms with Crippen LogP contribution in [-0.2, 0) is 74.5 Å². The first-order valence-electron chi connectivity index (χ1n) is 39.6. The van der Waals surface area contributed by atoms with Crippen LogP contribution in [0, 0.1) is 53.3 Å². The molecule has 3 N–H and O–H groups in total. The highest BCUT2D eigenvalue weighted by atomic mass is 16.2. The van der Waals surface area contributed by atoms with Gasteiger partial charge in [-0.2, -0.15) is 0 Å². The van der Waals surface area contributed by atoms with Crippen LogP contribution in [0.3, 0.4) is 0 Å². The normalized spacial score (nSPS) is 23.4. The molecule has 10 rings (SSSR count). The number of fused-ring (bicyclic) bond motifs is 1. The lowest BCUT2D eigenvalue weighted by Crippen LogP contribution is -2.62. The van der Waals surface area contributed by atoms with E-state index < -0.39 is 24.2 Å². The van der Waals surface area contributed by atoms with E-state index in [1.165, 1.54) is 23.6 Å². The van der Waals surface area contributed by atoms with Crippen molar-refractivity contribution in [3.63, 3.8) is 0 Å². The summed E-state index contributed by atoms with van der Waals surface area (Å²) in [6.45, 7) is 32.4. The maximum atomic E-state index is 15.3. The Labute approximate surface area is 594 Å². The number of hydrogen-bond acceptors (Lipinski definition) is 12. The number of rotatable bonds is 32. The van der Waals surface area contributed by atoms with E-state index in [2.05, 4.69) is 124 Å². The van der Waals surface area contributed by atoms with Crippen molar-refractivity contribution >= 4 is 35.4 Å². The molecule has 0 aromatic carbocycles. The summed E-state index contributed by atoms with van der Waals surface area (Å²) in [6, 6.07) is -2.34. The van der Waals surface area contributed by atoms with E-state index in [1.54, 1.807) is 0 Å². The zero-order valence-electron chi connectivity index (χ0n) is 63.1. The molecule has 6 aliphatic heterocycles. The minimum Gasteiger partial charge on any atom is -0.341 e. The molecule has 3 aromatic heterocycles. The molecule has 21 heteroatoms. The van der Waals surface area contributed by atoms with E-state index in [-0.39, 0.29) is 77.1 Å². The summed E-state index contributed by atoms with van der Waals surface area (Å²) in [7, 11) is 2.16. The molecule has 0 radical (unpaired) electrons. The van der Waals surface area contributed by atoms with Crippen LogP contribution in [0.1, 0.15) is 220 Å². The predicted molar refractivity (Wildman–Crippen MR) is 389 cm³/mol. The first-order valence-corrected chi connectivity index (χ1v) is 39.6. The summed E-state index contributed by atoms with van der Waals surface area (Å²) in [6.07, 6.45) is 26.8. The van der Waals surface area contributed by atoms with Crippen molar-refractivity contribution in [3.05, 3.63) is 53.6 Å². The summed E-state index contributed by atoms with van der Waals surface area (Å²) in [4.78, 5) is 115. The third kappa shape index (κ3) is 19.5. The van der Waals surface area contributed by atoms with E-state index in [0.29, 0.717) is 140 Å². The molecular formula is C78H129N15O6. The number of carbonyl (C=O) groups excluding carboxylic acids is 6. The second kappa shape index (κ2) is 35.5. The number of nitrogens with one attached hydrogen (secondary N) is 3. The van der Waals surface area contributed by atoms with E-state index in [1.807, 2.05) is 48.0 Å². The molecule has 99 heavy (non-hydrogen) atoms. The molecular weight excluding hydrogens is 1240 g/mol. The number of carbonyl (C=O) groups is 6. The number of amides is 6. The van der Waals surface area contributed by atoms with Gasteiger partial charge < -0.3 is 59.1 Å². The first-order chi connectivity index (χ1) is 47.5. The average molecular weight is 1370 g/mol. The Morgan fingerprint density at radius 2 is 0.889 bits per heavy atom. The van der Waals surface area contributed by atoms with Crippen molar-refractivity contribution in [2.45, 2.75) is 266 Å². The van der Waals surface area contributed by atoms with Crippen molar-refractivity contribution in [2.24, 2.45) is 60.3 Å². The first kappa shape index (κ1) is 76.0. The summed E-state index contributed by atoms with van der Waals surface area (Å²) in [5.74, 6) is 6.32. The Bertz CT molecular complexity index is 3110. The number of nitrogens with zero attached hydrogens (tertiary/aromatic N) is 12. The van der Waals surface area contributed by atoms with Crippen molar-refractivity contribution < 1.29 is 28.8 Å². The third-order valence-corrected chi connectivity index (χ3v) is 24.0. The number of aryl methyl sites for hydroxylation is 2. The van der Waals surface area contributed by atoms with E-state index in [4.69, 9.17) is 9.97 Å². The van der Waals surface area contributed by atoms with Gasteiger partial charge in [-0.1, -0.05) is 81.1 Å². The number of aromatic nitrogens is 6. The van der Waals surface area contributed by atoms with Gasteiger partial charge in [0.2, 0.25) is 35.4 Å². The van der Waals surface area contributed by atoms with E-state index in [0.717, 1.165) is 121 Å². The fourth-order valence-electron chi connectivity index (χ4n) is 18.0. The zero-order chi connectivity index (χ0) is 70.6. The fraction of sp³-hybridized carbons (Fsp3) is 0.808. The number of hydrogen-bond donors (Lipinski definition) is 3. The van der Waals surface area contributed by atoms with Gasteiger partial charge in [0.25, 0.3) is 0 Å². The topological polar surface area (TPSA) is 211 Å². The summed E-state index contributed by atoms with van der Waals surface area (Å²) < 4.78 is 6.78. The SMILES string of the molecule is CCn1ccnc1CC1CCN(C(=O)[C@H](CC(C)CCC(C)C[C@@H]2NCCN([C@@H](CC(C)C)C(=O)N3CCC(Cc4nc5c(n4C)CCC5)CC3)C2=O)N2CCN[C@@H](CC(C)CCC(C)C[C@@H](C(=O)N3CCC(Cc4nccn4C(C)C)CC3)N3CCN[C@@H](CC(C)C)C3=O)C2=O)CC1. The van der Waals surface area contributed by atoms with Crippen LogP contribution in [-0.4, -0.2) is 208 Å². The molecule has 9 heterocycles. The average Bonchev–Trinajstić information content (AvgIpc) is 1.81. The molecule has 7 aliphatic rings. The quantitative estimate of drug-likeness (QED) is 0.0535. The maximum absolute atomic E-state index is 15.3. The monoisotopic (exact) mass is 1370 g/mol. The summed E-state index contributed by atoms with van der Waals surface area (Å²) in [5.41, 5.74) is 2.67. The van der Waals surface area contributed by atoms with Crippen molar-refractivity contribution in [3.8, 4) is 0 Å². The van der Waals surface area contributed by atoms with Crippen molar-refractivity contribution in [1.29, 1.82) is 0 Å². The number of piperidine rings is 3. The van der Waals surface area contributed by atoms with Crippen molar-refractivity contribution in [2.75, 3.05) is 78.5 Å². The van der Waals surface area contributed by atoms with Gasteiger partial charge in [-0.05, 0) is 170 Å². The fourth-order valence-corrected chi connectivity index (χ4v) is 18.0. The molecule has 6 fully saturated rings. The Morgan fingerprint density at radius 3 is 1.31 bits per heavy atom. The number of imidazole rings is 3. The van der Waals surface area contributed by atoms with E-state index in [9.17, 15) is 19.2 Å². The molecule has 0 saturated carbocycles. The molecule has 3 aromatic rings. The second-order valence-corrected chi connectivity index (χ2v) is 33.2. The van der Waals surface area contributed by atoms with Gasteiger partial charge in [-0.3, -0.25) is 28.8 Å². The van der Waals surface area contributed by atoms with Crippen LogP contribution in [0.15, 0.2) is 24.8 Å². The zero-order valence-corrected chi connectivity index (χ0v) is 63.1. The number of likely N-dealkylation sites (tertiary alicyclic amines) is 3. The van der Waals surface area contributed by atoms with Crippen LogP contribution >= 0.6 is 0 Å². The number of piperazine rings is 3. The molecule has 21 nitrogen and oxygen atoms in total. The lowest BCUT2D eigenvalue weighted by Gasteiger charge is -2.43. The maximum Gasteiger partial charge on any atom is 0.245 e. The Hall–Kier alpha value is -5.67. The molecule has 6 amide bonds. The van der Waals surface area contributed by atoms with Gasteiger partial charge >= 0.3 is 0 Å². The molecule has 4 unspecified atom stereocenters. The smallest absolute Gasteiger partial charge is 0.245 e. The summed E-state index contributed by atoms with van der Waals surface area (Å²) >= 11 is 0. The highest BCUT2D eigenvalue weighted by Crippen LogP contribution is 2.34. The van der Waals surface area contributed by atoms with Gasteiger partial charge in [0.1, 0.15) is 35.6 Å². The van der Waals surface area contributed by atoms with Crippen LogP contribution in [0.2, 0.25) is 0 Å². The van der Waals surface area contributed by atoms with Crippen LogP contribution < -0.4 is 16.0 Å². The Balaban J connectivity index is 0.744. The summed E-state index contributed by atoms with van der Waals surface area (Å²) in [5, 5.41) is 10.6. The predicted octanol–water partition coefficient (Wildman–Crippen LogP) is 8.91. The molecule has 0 bridgehead atoms. The van der Waals surface area contributed by atoms with Gasteiger partial charge in [-0.15, -0.1) is 0 Å². The highest BCUT2D eigenvalue weighted by Gasteiger charge is 2.44. The molecule has 0 spiro atoms. The lowest BCUT2D eigenvalue weighted by molar-refractivity contribution is -0.150. The standard InChI is InChI=1S/C78H129N15O6/c1-13-86-38-27-82-70(86)49-59-21-32-88(33-22-59)78(99)69(48-58(11)20-17-55(8)45-64-74(95)91(40-29-80-64)67(44-53(4)5)76(97)87-36-25-61(26-37-87)51-72-84-62-15-14-16-66(62)85(72)12)93-42-30-81-65(75(93)96)46-56(9)18-19-57(10)47-68(92-41-28-79-63(73(92)94)43-52(2)3)77(98)89-34-23-60(24-35-89)50-71-83-31-39-90(71)54(6)7/h27,31,38-39,52-61,63-65,67-69,79-81H,13-26,28-30,32-37,40-51H2,1-12H3/t55?,56?,57?,58?,63-,64-,65-,67-,68-,69-/m0/s1. The van der Waals surface area contributed by atoms with Gasteiger partial charge in [-0.25, -0.2) is 15.0 Å². The van der Waals surface area contributed by atoms with Gasteiger partial charge in [0, 0.05) is 148 Å². The van der Waals surface area contributed by atoms with Gasteiger partial charge in [0.15, 0.2) is 0 Å². The Morgan fingerprint density at radius 1 is 0.485 bits per heavy atom. The molecule has 6 saturated heterocycles. The van der Waals surface area contributed by atoms with Gasteiger partial charge in [0.05, 0.1) is 23.8 Å².